The van der Waals surface area contributed by atoms with Crippen molar-refractivity contribution in [1.29, 1.82) is 0 Å². The number of anilines is 1. The molecule has 2 aromatic rings. The number of rotatable bonds is 2. The van der Waals surface area contributed by atoms with Gasteiger partial charge in [0, 0.05) is 36.4 Å². The lowest BCUT2D eigenvalue weighted by atomic mass is 9.87. The monoisotopic (exact) mass is 400 g/mol. The normalized spacial score (nSPS) is 18.0. The van der Waals surface area contributed by atoms with Crippen LogP contribution in [0.3, 0.4) is 0 Å². The highest BCUT2D eigenvalue weighted by atomic mass is 19.1. The summed E-state index contributed by atoms with van der Waals surface area (Å²) in [6.07, 6.45) is 4.54. The number of hydrogen-bond acceptors (Lipinski definition) is 2. The molecule has 1 aromatic heterocycles. The van der Waals surface area contributed by atoms with Crippen molar-refractivity contribution in [3.05, 3.63) is 82.3 Å². The minimum atomic E-state index is -1.30. The molecule has 0 fully saturated rings. The topological polar surface area (TPSA) is 45.3 Å². The largest absolute Gasteiger partial charge is 0.846 e. The first-order valence-electron chi connectivity index (χ1n) is 9.84. The van der Waals surface area contributed by atoms with Crippen LogP contribution in [0.4, 0.5) is 10.0 Å². The van der Waals surface area contributed by atoms with Crippen molar-refractivity contribution in [2.24, 2.45) is 0 Å². The van der Waals surface area contributed by atoms with Gasteiger partial charge < -0.3 is 0 Å². The SMILES string of the molecule is CC1=CC(C)=[N+]2B(F)n3c(C)cc(C)c3C(c3ccc(N4C(=O)C=CC4=O)cc3)=C12. The minimum Gasteiger partial charge on any atom is -0.290 e. The fourth-order valence-electron chi connectivity index (χ4n) is 4.75. The van der Waals surface area contributed by atoms with Gasteiger partial charge in [0.25, 0.3) is 11.8 Å². The Kier molecular flexibility index (Phi) is 3.87. The number of aromatic nitrogens is 1. The summed E-state index contributed by atoms with van der Waals surface area (Å²) < 4.78 is 19.0. The zero-order valence-electron chi connectivity index (χ0n) is 17.2. The van der Waals surface area contributed by atoms with Crippen molar-refractivity contribution < 1.29 is 18.4 Å². The smallest absolute Gasteiger partial charge is 0.290 e. The summed E-state index contributed by atoms with van der Waals surface area (Å²) in [7, 11) is -1.30. The molecule has 148 valence electrons. The molecular weight excluding hydrogens is 380 g/mol. The van der Waals surface area contributed by atoms with Crippen LogP contribution in [0.2, 0.25) is 0 Å². The number of nitrogens with zero attached hydrogens (tertiary/aromatic N) is 3. The van der Waals surface area contributed by atoms with Gasteiger partial charge >= 0.3 is 7.26 Å². The van der Waals surface area contributed by atoms with E-state index in [-0.39, 0.29) is 11.8 Å². The second kappa shape index (κ2) is 6.26. The number of aryl methyl sites for hydroxylation is 2. The van der Waals surface area contributed by atoms with Gasteiger partial charge in [0.1, 0.15) is 0 Å². The standard InChI is InChI=1S/C23H20BFN3O2/c1-13-11-15(3)27-22(13)21(23-14(2)12-16(4)28(23)24(27)25)17-5-7-18(8-6-17)26-19(29)9-10-20(26)30/h5-12H,1-4H3/q+1. The molecule has 5 nitrogen and oxygen atoms in total. The van der Waals surface area contributed by atoms with E-state index in [2.05, 4.69) is 0 Å². The predicted molar refractivity (Wildman–Crippen MR) is 115 cm³/mol. The van der Waals surface area contributed by atoms with Crippen LogP contribution in [0.25, 0.3) is 5.57 Å². The van der Waals surface area contributed by atoms with E-state index in [0.717, 1.165) is 50.0 Å². The van der Waals surface area contributed by atoms with Crippen LogP contribution in [0.1, 0.15) is 36.4 Å². The van der Waals surface area contributed by atoms with Crippen LogP contribution in [-0.2, 0) is 9.59 Å². The average molecular weight is 400 g/mol. The molecule has 0 spiro atoms. The molecule has 0 unspecified atom stereocenters. The fraction of sp³-hybridized carbons (Fsp3) is 0.174. The first kappa shape index (κ1) is 18.5. The molecule has 3 aliphatic rings. The van der Waals surface area contributed by atoms with E-state index in [0.29, 0.717) is 5.69 Å². The van der Waals surface area contributed by atoms with Crippen LogP contribution in [0, 0.1) is 13.8 Å². The number of benzene rings is 1. The third kappa shape index (κ3) is 2.38. The predicted octanol–water partition coefficient (Wildman–Crippen LogP) is 3.54. The van der Waals surface area contributed by atoms with E-state index in [1.807, 2.05) is 52.0 Å². The Balaban J connectivity index is 1.71. The molecule has 0 atom stereocenters. The molecule has 0 N–H and O–H groups in total. The van der Waals surface area contributed by atoms with Gasteiger partial charge in [0.05, 0.1) is 17.0 Å². The summed E-state index contributed by atoms with van der Waals surface area (Å²) in [6.45, 7) is 7.82. The van der Waals surface area contributed by atoms with Gasteiger partial charge in [-0.05, 0) is 50.1 Å². The number of imide groups is 1. The highest BCUT2D eigenvalue weighted by molar-refractivity contribution is 6.43. The Morgan fingerprint density at radius 2 is 1.60 bits per heavy atom. The molecule has 0 saturated carbocycles. The summed E-state index contributed by atoms with van der Waals surface area (Å²) in [6, 6.07) is 9.30. The van der Waals surface area contributed by atoms with Crippen molar-refractivity contribution in [1.82, 2.24) is 4.48 Å². The molecule has 3 aliphatic heterocycles. The number of halogens is 1. The Labute approximate surface area is 174 Å². The quantitative estimate of drug-likeness (QED) is 0.572. The van der Waals surface area contributed by atoms with E-state index in [1.165, 1.54) is 12.2 Å². The highest BCUT2D eigenvalue weighted by Gasteiger charge is 2.51. The second-order valence-electron chi connectivity index (χ2n) is 7.95. The Morgan fingerprint density at radius 1 is 0.967 bits per heavy atom. The number of hydrogen-bond donors (Lipinski definition) is 0. The lowest BCUT2D eigenvalue weighted by Gasteiger charge is -2.22. The first-order valence-corrected chi connectivity index (χ1v) is 9.84. The number of carbonyl (C=O) groups excluding carboxylic acids is 2. The summed E-state index contributed by atoms with van der Waals surface area (Å²) in [5.74, 6) is -0.696. The third-order valence-corrected chi connectivity index (χ3v) is 5.96. The van der Waals surface area contributed by atoms with Gasteiger partial charge in [-0.1, -0.05) is 12.1 Å². The van der Waals surface area contributed by atoms with Crippen LogP contribution in [0.5, 0.6) is 0 Å². The molecule has 5 rings (SSSR count). The molecule has 7 heteroatoms. The highest BCUT2D eigenvalue weighted by Crippen LogP contribution is 2.41. The molecule has 30 heavy (non-hydrogen) atoms. The summed E-state index contributed by atoms with van der Waals surface area (Å²) >= 11 is 0. The Bertz CT molecular complexity index is 1260. The van der Waals surface area contributed by atoms with Gasteiger partial charge in [-0.3, -0.25) is 14.1 Å². The number of allylic oxidation sites excluding steroid dienone is 2. The van der Waals surface area contributed by atoms with E-state index >= 15 is 4.32 Å². The minimum absolute atomic E-state index is 0.348. The summed E-state index contributed by atoms with van der Waals surface area (Å²) in [4.78, 5) is 25.1. The van der Waals surface area contributed by atoms with Crippen molar-refractivity contribution >= 4 is 36.0 Å². The first-order chi connectivity index (χ1) is 14.3. The van der Waals surface area contributed by atoms with Crippen molar-refractivity contribution in [2.45, 2.75) is 27.7 Å². The van der Waals surface area contributed by atoms with Crippen molar-refractivity contribution in [3.8, 4) is 0 Å². The molecule has 0 aliphatic carbocycles. The fourth-order valence-corrected chi connectivity index (χ4v) is 4.75. The maximum absolute atomic E-state index is 15.6. The van der Waals surface area contributed by atoms with Gasteiger partial charge in [-0.15, -0.1) is 0 Å². The van der Waals surface area contributed by atoms with Crippen LogP contribution in [0.15, 0.2) is 59.8 Å². The lowest BCUT2D eigenvalue weighted by Crippen LogP contribution is -2.40. The summed E-state index contributed by atoms with van der Waals surface area (Å²) in [5.41, 5.74) is 7.82. The zero-order valence-corrected chi connectivity index (χ0v) is 17.2. The van der Waals surface area contributed by atoms with E-state index < -0.39 is 7.26 Å². The van der Waals surface area contributed by atoms with Gasteiger partial charge in [0.15, 0.2) is 11.4 Å². The molecule has 0 radical (unpaired) electrons. The number of carbonyl (C=O) groups is 2. The average Bonchev–Trinajstić information content (AvgIpc) is 3.30. The molecule has 2 amide bonds. The zero-order chi connectivity index (χ0) is 21.3. The summed E-state index contributed by atoms with van der Waals surface area (Å²) in [5, 5.41) is 0. The van der Waals surface area contributed by atoms with Crippen molar-refractivity contribution in [3.63, 3.8) is 0 Å². The third-order valence-electron chi connectivity index (χ3n) is 5.96. The maximum Gasteiger partial charge on any atom is 0.846 e. The van der Waals surface area contributed by atoms with Gasteiger partial charge in [0.2, 0.25) is 0 Å². The number of fused-ring (bicyclic) bond motifs is 2. The molecule has 0 bridgehead atoms. The van der Waals surface area contributed by atoms with Crippen LogP contribution >= 0.6 is 0 Å². The molecule has 1 aromatic carbocycles. The molecular formula is C23H20BFN3O2+. The molecule has 4 heterocycles. The van der Waals surface area contributed by atoms with E-state index in [4.69, 9.17) is 0 Å². The Morgan fingerprint density at radius 3 is 2.23 bits per heavy atom. The second-order valence-corrected chi connectivity index (χ2v) is 7.95. The van der Waals surface area contributed by atoms with Crippen LogP contribution in [-0.4, -0.2) is 33.8 Å². The van der Waals surface area contributed by atoms with Gasteiger partial charge in [-0.2, -0.15) is 0 Å². The maximum atomic E-state index is 15.6. The van der Waals surface area contributed by atoms with Crippen molar-refractivity contribution in [2.75, 3.05) is 4.90 Å². The van der Waals surface area contributed by atoms with E-state index in [9.17, 15) is 9.59 Å². The Hall–Kier alpha value is -3.48. The van der Waals surface area contributed by atoms with E-state index in [1.54, 1.807) is 21.1 Å². The number of amides is 2. The lowest BCUT2D eigenvalue weighted by molar-refractivity contribution is -0.336. The van der Waals surface area contributed by atoms with Crippen LogP contribution < -0.4 is 4.90 Å². The van der Waals surface area contributed by atoms with Gasteiger partial charge in [-0.25, -0.2) is 13.7 Å². The molecule has 0 saturated heterocycles.